The highest BCUT2D eigenvalue weighted by atomic mass is 16.3. The maximum absolute atomic E-state index is 12.3. The van der Waals surface area contributed by atoms with E-state index in [0.717, 1.165) is 32.1 Å². The Morgan fingerprint density at radius 1 is 0.523 bits per heavy atom. The zero-order valence-corrected chi connectivity index (χ0v) is 29.7. The minimum Gasteiger partial charge on any atom is -0.394 e. The van der Waals surface area contributed by atoms with Crippen molar-refractivity contribution < 1.29 is 15.0 Å². The number of carbonyl (C=O) groups is 1. The quantitative estimate of drug-likeness (QED) is 0.0488. The van der Waals surface area contributed by atoms with Gasteiger partial charge in [-0.3, -0.25) is 4.79 Å². The second-order valence-corrected chi connectivity index (χ2v) is 13.3. The Balaban J connectivity index is 3.59. The van der Waals surface area contributed by atoms with Crippen molar-refractivity contribution in [2.75, 3.05) is 6.61 Å². The average Bonchev–Trinajstić information content (AvgIpc) is 3.03. The predicted octanol–water partition coefficient (Wildman–Crippen LogP) is 11.7. The Hall–Kier alpha value is -1.13. The summed E-state index contributed by atoms with van der Waals surface area (Å²) in [7, 11) is 0. The molecule has 0 aliphatic carbocycles. The van der Waals surface area contributed by atoms with Crippen molar-refractivity contribution in [1.29, 1.82) is 0 Å². The van der Waals surface area contributed by atoms with E-state index in [0.29, 0.717) is 6.42 Å². The van der Waals surface area contributed by atoms with Crippen LogP contribution in [0.15, 0.2) is 24.3 Å². The maximum atomic E-state index is 12.3. The number of carbonyl (C=O) groups excluding carboxylic acids is 1. The first-order valence-corrected chi connectivity index (χ1v) is 19.6. The molecule has 1 amide bonds. The van der Waals surface area contributed by atoms with E-state index in [4.69, 9.17) is 0 Å². The van der Waals surface area contributed by atoms with E-state index in [1.165, 1.54) is 154 Å². The van der Waals surface area contributed by atoms with Crippen molar-refractivity contribution in [3.63, 3.8) is 0 Å². The van der Waals surface area contributed by atoms with E-state index in [2.05, 4.69) is 31.3 Å². The molecular weight excluding hydrogens is 542 g/mol. The lowest BCUT2D eigenvalue weighted by Gasteiger charge is -2.19. The highest BCUT2D eigenvalue weighted by Crippen LogP contribution is 2.15. The number of nitrogens with one attached hydrogen (secondary N) is 1. The zero-order valence-electron chi connectivity index (χ0n) is 29.7. The van der Waals surface area contributed by atoms with Gasteiger partial charge in [-0.2, -0.15) is 0 Å². The summed E-state index contributed by atoms with van der Waals surface area (Å²) in [4.78, 5) is 12.3. The van der Waals surface area contributed by atoms with Gasteiger partial charge in [-0.1, -0.05) is 192 Å². The summed E-state index contributed by atoms with van der Waals surface area (Å²) in [6, 6.07) is -0.632. The fourth-order valence-corrected chi connectivity index (χ4v) is 5.90. The van der Waals surface area contributed by atoms with Crippen LogP contribution in [0.1, 0.15) is 206 Å². The lowest BCUT2D eigenvalue weighted by atomic mass is 10.0. The van der Waals surface area contributed by atoms with Crippen LogP contribution in [0.4, 0.5) is 0 Å². The van der Waals surface area contributed by atoms with Gasteiger partial charge in [0.15, 0.2) is 0 Å². The van der Waals surface area contributed by atoms with Gasteiger partial charge in [-0.05, 0) is 32.1 Å². The van der Waals surface area contributed by atoms with Crippen LogP contribution in [0.25, 0.3) is 0 Å². The molecular formula is C40H77NO3. The molecule has 0 saturated heterocycles. The van der Waals surface area contributed by atoms with Gasteiger partial charge in [-0.25, -0.2) is 0 Å². The van der Waals surface area contributed by atoms with Crippen LogP contribution in [-0.2, 0) is 4.79 Å². The standard InChI is InChI=1S/C40H77NO3/c1-3-5-7-9-11-13-15-16-17-18-19-20-21-22-23-24-25-26-27-29-31-33-35-39(43)38(37-42)41-40(44)36-34-32-30-28-14-12-10-8-6-4-2/h26-27,33,35,38-39,42-43H,3-25,28-32,34,36-37H2,1-2H3,(H,41,44)/b27-26+,35-33+. The first-order valence-electron chi connectivity index (χ1n) is 19.6. The average molecular weight is 620 g/mol. The van der Waals surface area contributed by atoms with Crippen LogP contribution in [0.2, 0.25) is 0 Å². The molecule has 0 aromatic carbocycles. The van der Waals surface area contributed by atoms with Crippen LogP contribution in [0.3, 0.4) is 0 Å². The Morgan fingerprint density at radius 3 is 1.32 bits per heavy atom. The van der Waals surface area contributed by atoms with Crippen molar-refractivity contribution in [3.8, 4) is 0 Å². The van der Waals surface area contributed by atoms with Gasteiger partial charge >= 0.3 is 0 Å². The first-order chi connectivity index (χ1) is 21.7. The summed E-state index contributed by atoms with van der Waals surface area (Å²) in [5.41, 5.74) is 0. The second-order valence-electron chi connectivity index (χ2n) is 13.3. The molecule has 0 aromatic heterocycles. The molecule has 0 aliphatic heterocycles. The Kier molecular flexibility index (Phi) is 35.4. The van der Waals surface area contributed by atoms with E-state index in [1.54, 1.807) is 6.08 Å². The van der Waals surface area contributed by atoms with E-state index in [-0.39, 0.29) is 12.5 Å². The second kappa shape index (κ2) is 36.3. The molecule has 4 nitrogen and oxygen atoms in total. The normalized spacial score (nSPS) is 13.3. The molecule has 3 N–H and O–H groups in total. The molecule has 0 radical (unpaired) electrons. The Labute approximate surface area is 275 Å². The van der Waals surface area contributed by atoms with Gasteiger partial charge in [0.05, 0.1) is 18.8 Å². The van der Waals surface area contributed by atoms with Crippen LogP contribution >= 0.6 is 0 Å². The molecule has 2 unspecified atom stereocenters. The SMILES string of the molecule is CCCCCCCCCCCCCCCCCC/C=C/CC/C=C/C(O)C(CO)NC(=O)CCCCCCCCCCCC. The van der Waals surface area contributed by atoms with Crippen molar-refractivity contribution in [2.24, 2.45) is 0 Å². The summed E-state index contributed by atoms with van der Waals surface area (Å²) in [6.45, 7) is 4.28. The zero-order chi connectivity index (χ0) is 32.2. The number of hydrogen-bond acceptors (Lipinski definition) is 3. The van der Waals surface area contributed by atoms with Crippen LogP contribution in [0, 0.1) is 0 Å². The lowest BCUT2D eigenvalue weighted by molar-refractivity contribution is -0.123. The molecule has 0 aromatic rings. The number of aliphatic hydroxyl groups is 2. The molecule has 260 valence electrons. The third kappa shape index (κ3) is 32.3. The largest absolute Gasteiger partial charge is 0.394 e. The minimum atomic E-state index is -0.856. The summed E-state index contributed by atoms with van der Waals surface area (Å²) < 4.78 is 0. The Morgan fingerprint density at radius 2 is 0.886 bits per heavy atom. The minimum absolute atomic E-state index is 0.0758. The van der Waals surface area contributed by atoms with Gasteiger partial charge in [0.1, 0.15) is 0 Å². The fourth-order valence-electron chi connectivity index (χ4n) is 5.90. The van der Waals surface area contributed by atoms with Crippen molar-refractivity contribution in [2.45, 2.75) is 219 Å². The van der Waals surface area contributed by atoms with Crippen LogP contribution < -0.4 is 5.32 Å². The number of hydrogen-bond donors (Lipinski definition) is 3. The molecule has 0 aliphatic rings. The summed E-state index contributed by atoms with van der Waals surface area (Å²) in [5.74, 6) is -0.0758. The number of aliphatic hydroxyl groups excluding tert-OH is 2. The molecule has 0 rings (SSSR count). The predicted molar refractivity (Wildman–Crippen MR) is 193 cm³/mol. The molecule has 4 heteroatoms. The topological polar surface area (TPSA) is 69.6 Å². The molecule has 0 fully saturated rings. The summed E-state index contributed by atoms with van der Waals surface area (Å²) in [5, 5.41) is 22.8. The molecule has 0 bridgehead atoms. The van der Waals surface area contributed by atoms with Crippen molar-refractivity contribution in [1.82, 2.24) is 5.32 Å². The molecule has 2 atom stereocenters. The third-order valence-electron chi connectivity index (χ3n) is 8.94. The molecule has 44 heavy (non-hydrogen) atoms. The van der Waals surface area contributed by atoms with E-state index < -0.39 is 12.1 Å². The number of rotatable bonds is 35. The molecule has 0 saturated carbocycles. The van der Waals surface area contributed by atoms with E-state index in [1.807, 2.05) is 6.08 Å². The van der Waals surface area contributed by atoms with Crippen molar-refractivity contribution >= 4 is 5.91 Å². The summed E-state index contributed by atoms with van der Waals surface area (Å²) in [6.07, 6.45) is 45.7. The van der Waals surface area contributed by atoms with Gasteiger partial charge in [-0.15, -0.1) is 0 Å². The van der Waals surface area contributed by atoms with Crippen LogP contribution in [0.5, 0.6) is 0 Å². The van der Waals surface area contributed by atoms with Crippen molar-refractivity contribution in [3.05, 3.63) is 24.3 Å². The van der Waals surface area contributed by atoms with Gasteiger partial charge in [0, 0.05) is 6.42 Å². The van der Waals surface area contributed by atoms with E-state index in [9.17, 15) is 15.0 Å². The molecule has 0 spiro atoms. The Bertz CT molecular complexity index is 632. The highest BCUT2D eigenvalue weighted by Gasteiger charge is 2.17. The summed E-state index contributed by atoms with van der Waals surface area (Å²) >= 11 is 0. The van der Waals surface area contributed by atoms with Gasteiger partial charge in [0.2, 0.25) is 5.91 Å². The number of allylic oxidation sites excluding steroid dienone is 3. The number of unbranched alkanes of at least 4 members (excludes halogenated alkanes) is 26. The maximum Gasteiger partial charge on any atom is 0.220 e. The number of amides is 1. The fraction of sp³-hybridized carbons (Fsp3) is 0.875. The monoisotopic (exact) mass is 620 g/mol. The van der Waals surface area contributed by atoms with Gasteiger partial charge in [0.25, 0.3) is 0 Å². The third-order valence-corrected chi connectivity index (χ3v) is 8.94. The highest BCUT2D eigenvalue weighted by molar-refractivity contribution is 5.76. The molecule has 0 heterocycles. The smallest absolute Gasteiger partial charge is 0.220 e. The van der Waals surface area contributed by atoms with Gasteiger partial charge < -0.3 is 15.5 Å². The lowest BCUT2D eigenvalue weighted by Crippen LogP contribution is -2.45. The first kappa shape index (κ1) is 42.9. The van der Waals surface area contributed by atoms with E-state index >= 15 is 0 Å². The van der Waals surface area contributed by atoms with Crippen LogP contribution in [-0.4, -0.2) is 34.9 Å².